The van der Waals surface area contributed by atoms with E-state index in [9.17, 15) is 4.79 Å². The lowest BCUT2D eigenvalue weighted by atomic mass is 9.96. The van der Waals surface area contributed by atoms with Crippen LogP contribution < -0.4 is 10.2 Å². The van der Waals surface area contributed by atoms with Crippen molar-refractivity contribution >= 4 is 33.5 Å². The Bertz CT molecular complexity index is 493. The first kappa shape index (κ1) is 13.8. The van der Waals surface area contributed by atoms with Gasteiger partial charge >= 0.3 is 0 Å². The SMILES string of the molecule is O=C1C(Br)Nc2nccnc2N1CCC1CCOCC1. The predicted octanol–water partition coefficient (Wildman–Crippen LogP) is 1.77. The number of rotatable bonds is 3. The van der Waals surface area contributed by atoms with E-state index in [1.54, 1.807) is 17.3 Å². The minimum absolute atomic E-state index is 0.00920. The normalized spacial score (nSPS) is 23.4. The second-order valence-electron chi connectivity index (χ2n) is 5.07. The molecule has 1 aromatic rings. The first-order valence-electron chi connectivity index (χ1n) is 6.86. The predicted molar refractivity (Wildman–Crippen MR) is 78.9 cm³/mol. The molecule has 20 heavy (non-hydrogen) atoms. The summed E-state index contributed by atoms with van der Waals surface area (Å²) in [5.74, 6) is 1.90. The van der Waals surface area contributed by atoms with Crippen LogP contribution in [0.5, 0.6) is 0 Å². The molecule has 7 heteroatoms. The van der Waals surface area contributed by atoms with E-state index in [0.29, 0.717) is 24.1 Å². The fraction of sp³-hybridized carbons (Fsp3) is 0.615. The van der Waals surface area contributed by atoms with Gasteiger partial charge in [-0.05, 0) is 25.2 Å². The molecule has 1 fully saturated rings. The van der Waals surface area contributed by atoms with Gasteiger partial charge in [0, 0.05) is 32.2 Å². The number of anilines is 2. The molecule has 1 N–H and O–H groups in total. The van der Waals surface area contributed by atoms with Gasteiger partial charge in [-0.3, -0.25) is 9.69 Å². The summed E-state index contributed by atoms with van der Waals surface area (Å²) in [5.41, 5.74) is 0. The fourth-order valence-electron chi connectivity index (χ4n) is 2.62. The van der Waals surface area contributed by atoms with Gasteiger partial charge in [0.2, 0.25) is 0 Å². The second kappa shape index (κ2) is 6.05. The number of nitrogens with one attached hydrogen (secondary N) is 1. The zero-order chi connectivity index (χ0) is 13.9. The highest BCUT2D eigenvalue weighted by molar-refractivity contribution is 9.10. The van der Waals surface area contributed by atoms with Gasteiger partial charge in [0.25, 0.3) is 5.91 Å². The van der Waals surface area contributed by atoms with Crippen LogP contribution in [0.2, 0.25) is 0 Å². The van der Waals surface area contributed by atoms with Crippen LogP contribution in [0.3, 0.4) is 0 Å². The molecule has 1 saturated heterocycles. The summed E-state index contributed by atoms with van der Waals surface area (Å²) in [6.45, 7) is 2.34. The monoisotopic (exact) mass is 340 g/mol. The number of nitrogens with zero attached hydrogens (tertiary/aromatic N) is 3. The summed E-state index contributed by atoms with van der Waals surface area (Å²) >= 11 is 3.34. The van der Waals surface area contributed by atoms with E-state index in [4.69, 9.17) is 4.74 Å². The average Bonchev–Trinajstić information content (AvgIpc) is 2.49. The van der Waals surface area contributed by atoms with Crippen molar-refractivity contribution in [3.05, 3.63) is 12.4 Å². The van der Waals surface area contributed by atoms with Crippen molar-refractivity contribution in [3.63, 3.8) is 0 Å². The van der Waals surface area contributed by atoms with Crippen LogP contribution in [-0.2, 0) is 9.53 Å². The topological polar surface area (TPSA) is 67.4 Å². The minimum Gasteiger partial charge on any atom is -0.381 e. The summed E-state index contributed by atoms with van der Waals surface area (Å²) in [6.07, 6.45) is 6.36. The van der Waals surface area contributed by atoms with E-state index in [-0.39, 0.29) is 5.91 Å². The minimum atomic E-state index is -0.429. The Hall–Kier alpha value is -1.21. The molecule has 108 valence electrons. The van der Waals surface area contributed by atoms with Gasteiger partial charge in [-0.1, -0.05) is 15.9 Å². The number of hydrogen-bond donors (Lipinski definition) is 1. The number of alkyl halides is 1. The summed E-state index contributed by atoms with van der Waals surface area (Å²) in [4.78, 5) is 22.1. The summed E-state index contributed by atoms with van der Waals surface area (Å²) in [5, 5.41) is 3.01. The molecule has 1 unspecified atom stereocenters. The molecule has 1 aromatic heterocycles. The highest BCUT2D eigenvalue weighted by Gasteiger charge is 2.32. The molecule has 6 nitrogen and oxygen atoms in total. The van der Waals surface area contributed by atoms with Gasteiger partial charge in [-0.15, -0.1) is 0 Å². The molecule has 0 saturated carbocycles. The summed E-state index contributed by atoms with van der Waals surface area (Å²) in [7, 11) is 0. The van der Waals surface area contributed by atoms with Gasteiger partial charge in [-0.2, -0.15) is 0 Å². The van der Waals surface area contributed by atoms with Gasteiger partial charge in [0.05, 0.1) is 0 Å². The molecular weight excluding hydrogens is 324 g/mol. The molecule has 1 amide bonds. The maximum Gasteiger partial charge on any atom is 0.261 e. The number of fused-ring (bicyclic) bond motifs is 1. The van der Waals surface area contributed by atoms with Crippen molar-refractivity contribution in [2.45, 2.75) is 24.2 Å². The molecule has 2 aliphatic heterocycles. The van der Waals surface area contributed by atoms with Crippen LogP contribution in [0, 0.1) is 5.92 Å². The van der Waals surface area contributed by atoms with Crippen LogP contribution >= 0.6 is 15.9 Å². The molecule has 1 atom stereocenters. The zero-order valence-corrected chi connectivity index (χ0v) is 12.7. The fourth-order valence-corrected chi connectivity index (χ4v) is 3.08. The number of hydrogen-bond acceptors (Lipinski definition) is 5. The molecule has 0 radical (unpaired) electrons. The number of carbonyl (C=O) groups excluding carboxylic acids is 1. The lowest BCUT2D eigenvalue weighted by Gasteiger charge is -2.32. The lowest BCUT2D eigenvalue weighted by molar-refractivity contribution is -0.117. The average molecular weight is 341 g/mol. The van der Waals surface area contributed by atoms with E-state index in [0.717, 1.165) is 32.5 Å². The molecule has 3 heterocycles. The summed E-state index contributed by atoms with van der Waals surface area (Å²) in [6, 6.07) is 0. The Morgan fingerprint density at radius 3 is 2.90 bits per heavy atom. The highest BCUT2D eigenvalue weighted by atomic mass is 79.9. The quantitative estimate of drug-likeness (QED) is 0.670. The number of halogens is 1. The summed E-state index contributed by atoms with van der Waals surface area (Å²) < 4.78 is 5.37. The Balaban J connectivity index is 1.72. The third kappa shape index (κ3) is 2.78. The Morgan fingerprint density at radius 1 is 1.35 bits per heavy atom. The first-order valence-corrected chi connectivity index (χ1v) is 7.78. The van der Waals surface area contributed by atoms with Crippen LogP contribution in [0.4, 0.5) is 11.6 Å². The highest BCUT2D eigenvalue weighted by Crippen LogP contribution is 2.30. The molecule has 0 aliphatic carbocycles. The largest absolute Gasteiger partial charge is 0.381 e. The van der Waals surface area contributed by atoms with Gasteiger partial charge < -0.3 is 10.1 Å². The van der Waals surface area contributed by atoms with Crippen LogP contribution in [0.1, 0.15) is 19.3 Å². The third-order valence-corrected chi connectivity index (χ3v) is 4.40. The number of amides is 1. The smallest absolute Gasteiger partial charge is 0.261 e. The Morgan fingerprint density at radius 2 is 2.10 bits per heavy atom. The molecule has 0 aromatic carbocycles. The lowest BCUT2D eigenvalue weighted by Crippen LogP contribution is -2.46. The van der Waals surface area contributed by atoms with Gasteiger partial charge in [0.1, 0.15) is 0 Å². The van der Waals surface area contributed by atoms with Crippen molar-refractivity contribution in [2.24, 2.45) is 5.92 Å². The molecule has 3 rings (SSSR count). The van der Waals surface area contributed by atoms with Crippen molar-refractivity contribution in [2.75, 3.05) is 30.0 Å². The molecular formula is C13H17BrN4O2. The Kier molecular flexibility index (Phi) is 4.16. The first-order chi connectivity index (χ1) is 9.75. The second-order valence-corrected chi connectivity index (χ2v) is 5.99. The maximum absolute atomic E-state index is 12.3. The van der Waals surface area contributed by atoms with Gasteiger partial charge in [0.15, 0.2) is 16.6 Å². The van der Waals surface area contributed by atoms with E-state index in [1.807, 2.05) is 0 Å². The van der Waals surface area contributed by atoms with E-state index < -0.39 is 4.95 Å². The van der Waals surface area contributed by atoms with Crippen molar-refractivity contribution in [1.82, 2.24) is 9.97 Å². The van der Waals surface area contributed by atoms with Crippen LogP contribution in [0.25, 0.3) is 0 Å². The molecule has 2 aliphatic rings. The van der Waals surface area contributed by atoms with Crippen molar-refractivity contribution in [3.8, 4) is 0 Å². The third-order valence-electron chi connectivity index (χ3n) is 3.78. The molecule has 0 spiro atoms. The number of aromatic nitrogens is 2. The number of ether oxygens (including phenoxy) is 1. The Labute approximate surface area is 126 Å². The van der Waals surface area contributed by atoms with E-state index in [2.05, 4.69) is 31.2 Å². The zero-order valence-electron chi connectivity index (χ0n) is 11.1. The van der Waals surface area contributed by atoms with Crippen molar-refractivity contribution in [1.29, 1.82) is 0 Å². The van der Waals surface area contributed by atoms with Crippen LogP contribution in [0.15, 0.2) is 12.4 Å². The standard InChI is InChI=1S/C13H17BrN4O2/c14-10-13(19)18(6-1-9-2-7-20-8-3-9)12-11(17-10)15-4-5-16-12/h4-5,9-10H,1-3,6-8H2,(H,15,17). The maximum atomic E-state index is 12.3. The number of carbonyl (C=O) groups is 1. The van der Waals surface area contributed by atoms with E-state index >= 15 is 0 Å². The molecule has 0 bridgehead atoms. The van der Waals surface area contributed by atoms with E-state index in [1.165, 1.54) is 0 Å². The van der Waals surface area contributed by atoms with Crippen LogP contribution in [-0.4, -0.2) is 40.6 Å². The van der Waals surface area contributed by atoms with Gasteiger partial charge in [-0.25, -0.2) is 9.97 Å². The van der Waals surface area contributed by atoms with Crippen molar-refractivity contribution < 1.29 is 9.53 Å².